The minimum absolute atomic E-state index is 0.00989. The van der Waals surface area contributed by atoms with Gasteiger partial charge in [0.05, 0.1) is 5.92 Å². The lowest BCUT2D eigenvalue weighted by Gasteiger charge is -2.28. The molecular weight excluding hydrogens is 182 g/mol. The van der Waals surface area contributed by atoms with Gasteiger partial charge < -0.3 is 16.3 Å². The van der Waals surface area contributed by atoms with Crippen LogP contribution in [0.5, 0.6) is 0 Å². The molecule has 1 aliphatic carbocycles. The number of hydrogen-bond acceptors (Lipinski definition) is 3. The highest BCUT2D eigenvalue weighted by atomic mass is 16.4. The third-order valence-electron chi connectivity index (χ3n) is 2.65. The molecule has 0 aromatic rings. The number of nitrogens with one attached hydrogen (secondary N) is 1. The number of carbonyl (C=O) groups excluding carboxylic acids is 1. The molecule has 1 rings (SSSR count). The predicted octanol–water partition coefficient (Wildman–Crippen LogP) is 0.428. The van der Waals surface area contributed by atoms with Crippen LogP contribution in [0, 0.1) is 5.92 Å². The van der Waals surface area contributed by atoms with E-state index in [9.17, 15) is 4.79 Å². The summed E-state index contributed by atoms with van der Waals surface area (Å²) in [7, 11) is 0. The fraction of sp³-hybridized carbons (Fsp3) is 0.778. The Morgan fingerprint density at radius 3 is 2.71 bits per heavy atom. The Hall–Kier alpha value is -1.26. The predicted molar refractivity (Wildman–Crippen MR) is 53.0 cm³/mol. The number of rotatable bonds is 4. The number of oxime groups is 1. The molecule has 1 amide bonds. The van der Waals surface area contributed by atoms with E-state index in [4.69, 9.17) is 10.9 Å². The summed E-state index contributed by atoms with van der Waals surface area (Å²) in [5, 5.41) is 14.2. The highest BCUT2D eigenvalue weighted by molar-refractivity contribution is 6.02. The van der Waals surface area contributed by atoms with Gasteiger partial charge in [0.25, 0.3) is 0 Å². The molecule has 5 heteroatoms. The highest BCUT2D eigenvalue weighted by Crippen LogP contribution is 2.18. The zero-order chi connectivity index (χ0) is 10.6. The molecule has 0 aromatic carbocycles. The van der Waals surface area contributed by atoms with Crippen LogP contribution in [0.1, 0.15) is 32.6 Å². The SMILES string of the molecule is CCC(C(=O)NC1CCC1)C(N)=NO. The summed E-state index contributed by atoms with van der Waals surface area (Å²) in [5.41, 5.74) is 5.40. The highest BCUT2D eigenvalue weighted by Gasteiger charge is 2.26. The van der Waals surface area contributed by atoms with E-state index in [1.54, 1.807) is 0 Å². The number of hydrogen-bond donors (Lipinski definition) is 3. The third-order valence-corrected chi connectivity index (χ3v) is 2.65. The zero-order valence-electron chi connectivity index (χ0n) is 8.36. The number of amidine groups is 1. The van der Waals surface area contributed by atoms with Crippen molar-refractivity contribution in [1.29, 1.82) is 0 Å². The summed E-state index contributed by atoms with van der Waals surface area (Å²) in [5.74, 6) is -0.641. The Balaban J connectivity index is 2.46. The Kier molecular flexibility index (Phi) is 3.73. The standard InChI is InChI=1S/C9H17N3O2/c1-2-7(8(10)12-14)9(13)11-6-4-3-5-6/h6-7,14H,2-5H2,1H3,(H2,10,12)(H,11,13). The average molecular weight is 199 g/mol. The van der Waals surface area contributed by atoms with E-state index in [2.05, 4.69) is 10.5 Å². The van der Waals surface area contributed by atoms with Crippen molar-refractivity contribution in [3.05, 3.63) is 0 Å². The van der Waals surface area contributed by atoms with Crippen LogP contribution in [0.2, 0.25) is 0 Å². The molecule has 14 heavy (non-hydrogen) atoms. The lowest BCUT2D eigenvalue weighted by Crippen LogP contribution is -2.45. The summed E-state index contributed by atoms with van der Waals surface area (Å²) < 4.78 is 0. The average Bonchev–Trinajstić information content (AvgIpc) is 2.12. The maximum atomic E-state index is 11.6. The summed E-state index contributed by atoms with van der Waals surface area (Å²) in [6.45, 7) is 1.84. The topological polar surface area (TPSA) is 87.7 Å². The molecule has 0 heterocycles. The number of nitrogens with zero attached hydrogens (tertiary/aromatic N) is 1. The molecule has 0 radical (unpaired) electrons. The van der Waals surface area contributed by atoms with Gasteiger partial charge in [0, 0.05) is 6.04 Å². The second-order valence-electron chi connectivity index (χ2n) is 3.62. The van der Waals surface area contributed by atoms with Crippen LogP contribution in [0.15, 0.2) is 5.16 Å². The summed E-state index contributed by atoms with van der Waals surface area (Å²) in [6.07, 6.45) is 3.80. The monoisotopic (exact) mass is 199 g/mol. The van der Waals surface area contributed by atoms with Crippen molar-refractivity contribution < 1.29 is 10.0 Å². The molecule has 1 fully saturated rings. The van der Waals surface area contributed by atoms with Gasteiger partial charge in [-0.1, -0.05) is 12.1 Å². The Morgan fingerprint density at radius 2 is 2.36 bits per heavy atom. The lowest BCUT2D eigenvalue weighted by atomic mass is 9.92. The number of amides is 1. The molecule has 5 nitrogen and oxygen atoms in total. The number of nitrogens with two attached hydrogens (primary N) is 1. The van der Waals surface area contributed by atoms with E-state index in [0.29, 0.717) is 12.5 Å². The molecule has 0 saturated heterocycles. The van der Waals surface area contributed by atoms with Gasteiger partial charge in [-0.25, -0.2) is 0 Å². The molecule has 4 N–H and O–H groups in total. The van der Waals surface area contributed by atoms with Crippen molar-refractivity contribution in [2.45, 2.75) is 38.6 Å². The maximum absolute atomic E-state index is 11.6. The molecule has 1 atom stereocenters. The Morgan fingerprint density at radius 1 is 1.71 bits per heavy atom. The molecule has 1 unspecified atom stereocenters. The van der Waals surface area contributed by atoms with Gasteiger partial charge in [0.15, 0.2) is 5.84 Å². The fourth-order valence-corrected chi connectivity index (χ4v) is 1.45. The summed E-state index contributed by atoms with van der Waals surface area (Å²) >= 11 is 0. The Bertz CT molecular complexity index is 236. The quantitative estimate of drug-likeness (QED) is 0.265. The van der Waals surface area contributed by atoms with Gasteiger partial charge in [-0.2, -0.15) is 0 Å². The van der Waals surface area contributed by atoms with Gasteiger partial charge >= 0.3 is 0 Å². The molecule has 0 aromatic heterocycles. The second kappa shape index (κ2) is 4.83. The van der Waals surface area contributed by atoms with Crippen LogP contribution in [0.25, 0.3) is 0 Å². The smallest absolute Gasteiger partial charge is 0.231 e. The van der Waals surface area contributed by atoms with Crippen molar-refractivity contribution in [3.8, 4) is 0 Å². The van der Waals surface area contributed by atoms with Crippen LogP contribution in [-0.4, -0.2) is 23.0 Å². The zero-order valence-corrected chi connectivity index (χ0v) is 8.36. The van der Waals surface area contributed by atoms with E-state index in [0.717, 1.165) is 12.8 Å². The van der Waals surface area contributed by atoms with E-state index < -0.39 is 5.92 Å². The van der Waals surface area contributed by atoms with Crippen molar-refractivity contribution in [1.82, 2.24) is 5.32 Å². The minimum Gasteiger partial charge on any atom is -0.409 e. The first kappa shape index (κ1) is 10.8. The van der Waals surface area contributed by atoms with Gasteiger partial charge in [-0.3, -0.25) is 4.79 Å². The van der Waals surface area contributed by atoms with Crippen LogP contribution in [0.4, 0.5) is 0 Å². The maximum Gasteiger partial charge on any atom is 0.231 e. The van der Waals surface area contributed by atoms with E-state index in [1.807, 2.05) is 6.92 Å². The van der Waals surface area contributed by atoms with E-state index >= 15 is 0 Å². The first-order chi connectivity index (χ1) is 6.69. The van der Waals surface area contributed by atoms with E-state index in [1.165, 1.54) is 6.42 Å². The van der Waals surface area contributed by atoms with Crippen molar-refractivity contribution in [2.75, 3.05) is 0 Å². The van der Waals surface area contributed by atoms with E-state index in [-0.39, 0.29) is 11.7 Å². The van der Waals surface area contributed by atoms with Crippen LogP contribution in [0.3, 0.4) is 0 Å². The molecular formula is C9H17N3O2. The minimum atomic E-state index is -0.499. The largest absolute Gasteiger partial charge is 0.409 e. The van der Waals surface area contributed by atoms with Gasteiger partial charge in [0.2, 0.25) is 5.91 Å². The van der Waals surface area contributed by atoms with Gasteiger partial charge in [-0.15, -0.1) is 0 Å². The molecule has 1 saturated carbocycles. The van der Waals surface area contributed by atoms with Crippen LogP contribution < -0.4 is 11.1 Å². The Labute approximate surface area is 83.3 Å². The molecule has 0 bridgehead atoms. The lowest BCUT2D eigenvalue weighted by molar-refractivity contribution is -0.124. The normalized spacial score (nSPS) is 19.9. The van der Waals surface area contributed by atoms with Gasteiger partial charge in [-0.05, 0) is 25.7 Å². The second-order valence-corrected chi connectivity index (χ2v) is 3.62. The summed E-state index contributed by atoms with van der Waals surface area (Å²) in [6, 6.07) is 0.294. The first-order valence-electron chi connectivity index (χ1n) is 4.96. The van der Waals surface area contributed by atoms with Gasteiger partial charge in [0.1, 0.15) is 0 Å². The van der Waals surface area contributed by atoms with Crippen molar-refractivity contribution >= 4 is 11.7 Å². The number of carbonyl (C=O) groups is 1. The summed E-state index contributed by atoms with van der Waals surface area (Å²) in [4.78, 5) is 11.6. The van der Waals surface area contributed by atoms with Crippen LogP contribution >= 0.6 is 0 Å². The fourth-order valence-electron chi connectivity index (χ4n) is 1.45. The molecule has 0 spiro atoms. The van der Waals surface area contributed by atoms with Crippen molar-refractivity contribution in [2.24, 2.45) is 16.8 Å². The van der Waals surface area contributed by atoms with Crippen molar-refractivity contribution in [3.63, 3.8) is 0 Å². The molecule has 1 aliphatic rings. The third kappa shape index (κ3) is 2.37. The first-order valence-corrected chi connectivity index (χ1v) is 4.96. The molecule has 0 aliphatic heterocycles. The van der Waals surface area contributed by atoms with Crippen LogP contribution in [-0.2, 0) is 4.79 Å². The molecule has 80 valence electrons.